The van der Waals surface area contributed by atoms with Crippen LogP contribution in [0.5, 0.6) is 0 Å². The molecule has 134 valence electrons. The zero-order valence-corrected chi connectivity index (χ0v) is 13.9. The number of fused-ring (bicyclic) bond motifs is 1. The number of H-pyrrole nitrogens is 1. The first-order chi connectivity index (χ1) is 12.0. The van der Waals surface area contributed by atoms with Crippen LogP contribution in [0, 0.1) is 0 Å². The summed E-state index contributed by atoms with van der Waals surface area (Å²) in [6, 6.07) is 6.20. The molecule has 0 saturated carbocycles. The molecule has 1 heterocycles. The number of nitrogens with zero attached hydrogens (tertiary/aromatic N) is 2. The van der Waals surface area contributed by atoms with Crippen LogP contribution in [0.25, 0.3) is 10.9 Å². The minimum Gasteiger partial charge on any atom is -0.383 e. The monoisotopic (exact) mass is 347 g/mol. The molecule has 1 aromatic carbocycles. The second kappa shape index (κ2) is 8.90. The second-order valence-electron chi connectivity index (χ2n) is 5.46. The molecule has 9 heteroatoms. The molecule has 0 aliphatic rings. The van der Waals surface area contributed by atoms with Crippen molar-refractivity contribution in [1.29, 1.82) is 0 Å². The van der Waals surface area contributed by atoms with Crippen molar-refractivity contribution < 1.29 is 14.3 Å². The van der Waals surface area contributed by atoms with E-state index >= 15 is 0 Å². The maximum atomic E-state index is 12.1. The van der Waals surface area contributed by atoms with Gasteiger partial charge in [-0.3, -0.25) is 19.8 Å². The van der Waals surface area contributed by atoms with E-state index in [0.717, 1.165) is 0 Å². The highest BCUT2D eigenvalue weighted by molar-refractivity contribution is 5.93. The van der Waals surface area contributed by atoms with E-state index in [1.54, 1.807) is 25.3 Å². The van der Waals surface area contributed by atoms with Gasteiger partial charge in [-0.15, -0.1) is 0 Å². The number of benzene rings is 1. The Hall–Kier alpha value is -2.78. The lowest BCUT2D eigenvalue weighted by Crippen LogP contribution is -2.38. The van der Waals surface area contributed by atoms with Gasteiger partial charge in [0.2, 0.25) is 5.91 Å². The molecule has 0 aliphatic heterocycles. The number of hydrogen-bond donors (Lipinski definition) is 3. The van der Waals surface area contributed by atoms with Gasteiger partial charge in [-0.05, 0) is 12.1 Å². The molecule has 9 nitrogen and oxygen atoms in total. The number of para-hydroxylation sites is 1. The average molecular weight is 347 g/mol. The number of urea groups is 1. The molecular formula is C16H21N5O4. The van der Waals surface area contributed by atoms with E-state index in [1.807, 2.05) is 16.3 Å². The summed E-state index contributed by atoms with van der Waals surface area (Å²) >= 11 is 0. The Morgan fingerprint density at radius 1 is 1.32 bits per heavy atom. The number of carbonyl (C=O) groups excluding carboxylic acids is 2. The zero-order valence-electron chi connectivity index (χ0n) is 13.9. The number of amides is 3. The fourth-order valence-electron chi connectivity index (χ4n) is 2.37. The number of ether oxygens (including phenoxy) is 1. The van der Waals surface area contributed by atoms with E-state index in [2.05, 4.69) is 9.97 Å². The maximum Gasteiger partial charge on any atom is 0.318 e. The first-order valence-corrected chi connectivity index (χ1v) is 7.78. The van der Waals surface area contributed by atoms with E-state index in [4.69, 9.17) is 10.5 Å². The van der Waals surface area contributed by atoms with Gasteiger partial charge in [0, 0.05) is 26.6 Å². The smallest absolute Gasteiger partial charge is 0.318 e. The van der Waals surface area contributed by atoms with Crippen LogP contribution >= 0.6 is 0 Å². The number of nitrogens with one attached hydrogen (secondary N) is 2. The third kappa shape index (κ3) is 5.66. The number of hydrogen-bond acceptors (Lipinski definition) is 6. The highest BCUT2D eigenvalue weighted by Gasteiger charge is 2.12. The largest absolute Gasteiger partial charge is 0.383 e. The molecule has 3 amide bonds. The van der Waals surface area contributed by atoms with Crippen molar-refractivity contribution in [2.24, 2.45) is 5.73 Å². The van der Waals surface area contributed by atoms with Crippen molar-refractivity contribution in [3.63, 3.8) is 0 Å². The van der Waals surface area contributed by atoms with Crippen molar-refractivity contribution in [3.05, 3.63) is 40.4 Å². The van der Waals surface area contributed by atoms with Crippen LogP contribution in [0.4, 0.5) is 4.79 Å². The lowest BCUT2D eigenvalue weighted by molar-refractivity contribution is -0.120. The van der Waals surface area contributed by atoms with Gasteiger partial charge in [-0.2, -0.15) is 0 Å². The number of primary amides is 1. The topological polar surface area (TPSA) is 130 Å². The summed E-state index contributed by atoms with van der Waals surface area (Å²) in [7, 11) is 1.58. The lowest BCUT2D eigenvalue weighted by Gasteiger charge is -2.21. The molecule has 0 atom stereocenters. The highest BCUT2D eigenvalue weighted by atomic mass is 16.5. The van der Waals surface area contributed by atoms with Crippen LogP contribution in [-0.4, -0.2) is 53.6 Å². The van der Waals surface area contributed by atoms with Gasteiger partial charge in [-0.25, -0.2) is 9.78 Å². The van der Waals surface area contributed by atoms with E-state index in [1.165, 1.54) is 0 Å². The molecule has 4 N–H and O–H groups in total. The summed E-state index contributed by atoms with van der Waals surface area (Å²) < 4.78 is 5.07. The van der Waals surface area contributed by atoms with Gasteiger partial charge in [0.1, 0.15) is 5.82 Å². The molecule has 0 fully saturated rings. The predicted octanol–water partition coefficient (Wildman–Crippen LogP) is -0.0435. The van der Waals surface area contributed by atoms with Crippen molar-refractivity contribution in [1.82, 2.24) is 20.2 Å². The van der Waals surface area contributed by atoms with Crippen molar-refractivity contribution >= 4 is 22.8 Å². The molecule has 2 aromatic rings. The number of aromatic amines is 1. The minimum absolute atomic E-state index is 0.0878. The average Bonchev–Trinajstić information content (AvgIpc) is 2.56. The molecule has 25 heavy (non-hydrogen) atoms. The maximum absolute atomic E-state index is 12.1. The fraction of sp³-hybridized carbons (Fsp3) is 0.375. The molecule has 1 aromatic heterocycles. The van der Waals surface area contributed by atoms with Crippen LogP contribution in [0.2, 0.25) is 0 Å². The quantitative estimate of drug-likeness (QED) is 0.614. The van der Waals surface area contributed by atoms with E-state index in [0.29, 0.717) is 43.0 Å². The number of carbonyl (C=O) groups is 2. The number of rotatable bonds is 8. The summed E-state index contributed by atoms with van der Waals surface area (Å²) in [6.07, 6.45) is 0.0878. The summed E-state index contributed by atoms with van der Waals surface area (Å²) in [6.45, 7) is 1.69. The molecule has 0 spiro atoms. The van der Waals surface area contributed by atoms with E-state index in [9.17, 15) is 14.4 Å². The van der Waals surface area contributed by atoms with Crippen LogP contribution in [0.1, 0.15) is 12.2 Å². The van der Waals surface area contributed by atoms with Gasteiger partial charge in [0.15, 0.2) is 0 Å². The first-order valence-electron chi connectivity index (χ1n) is 7.78. The van der Waals surface area contributed by atoms with Gasteiger partial charge in [0.05, 0.1) is 24.1 Å². The molecule has 0 unspecified atom stereocenters. The summed E-state index contributed by atoms with van der Waals surface area (Å²) in [5.74, 6) is 0.0324. The molecule has 2 rings (SSSR count). The van der Waals surface area contributed by atoms with Gasteiger partial charge < -0.3 is 15.5 Å². The van der Waals surface area contributed by atoms with E-state index in [-0.39, 0.29) is 12.0 Å². The molecular weight excluding hydrogens is 326 g/mol. The summed E-state index contributed by atoms with van der Waals surface area (Å²) in [5.41, 5.74) is 5.32. The molecule has 0 aliphatic carbocycles. The zero-order chi connectivity index (χ0) is 18.2. The summed E-state index contributed by atoms with van der Waals surface area (Å²) in [5, 5.41) is 2.54. The van der Waals surface area contributed by atoms with Crippen LogP contribution in [0.3, 0.4) is 0 Å². The Morgan fingerprint density at radius 3 is 2.80 bits per heavy atom. The van der Waals surface area contributed by atoms with Crippen molar-refractivity contribution in [3.8, 4) is 0 Å². The standard InChI is InChI=1S/C16H21N5O4/c1-25-9-8-21(7-6-14(22)20-16(17)24)10-13-18-12-5-3-2-4-11(12)15(23)19-13/h2-5H,6-10H2,1H3,(H,18,19,23)(H3,17,20,22,24). The number of nitrogens with two attached hydrogens (primary N) is 1. The van der Waals surface area contributed by atoms with Crippen molar-refractivity contribution in [2.45, 2.75) is 13.0 Å². The van der Waals surface area contributed by atoms with Crippen LogP contribution < -0.4 is 16.6 Å². The fourth-order valence-corrected chi connectivity index (χ4v) is 2.37. The molecule has 0 saturated heterocycles. The van der Waals surface area contributed by atoms with Gasteiger partial charge >= 0.3 is 6.03 Å². The number of aromatic nitrogens is 2. The third-order valence-electron chi connectivity index (χ3n) is 3.56. The SMILES string of the molecule is COCCN(CCC(=O)NC(N)=O)Cc1nc2ccccc2c(=O)[nH]1. The molecule has 0 radical (unpaired) electrons. The Bertz CT molecular complexity index is 804. The first kappa shape index (κ1) is 18.6. The molecule has 0 bridgehead atoms. The Morgan fingerprint density at radius 2 is 2.08 bits per heavy atom. The second-order valence-corrected chi connectivity index (χ2v) is 5.46. The minimum atomic E-state index is -0.881. The Kier molecular flexibility index (Phi) is 6.61. The summed E-state index contributed by atoms with van der Waals surface area (Å²) in [4.78, 5) is 43.5. The Labute approximate surface area is 144 Å². The predicted molar refractivity (Wildman–Crippen MR) is 91.9 cm³/mol. The van der Waals surface area contributed by atoms with Gasteiger partial charge in [-0.1, -0.05) is 12.1 Å². The highest BCUT2D eigenvalue weighted by Crippen LogP contribution is 2.07. The van der Waals surface area contributed by atoms with Crippen LogP contribution in [-0.2, 0) is 16.1 Å². The Balaban J connectivity index is 2.09. The number of methoxy groups -OCH3 is 1. The number of imide groups is 1. The van der Waals surface area contributed by atoms with Gasteiger partial charge in [0.25, 0.3) is 5.56 Å². The van der Waals surface area contributed by atoms with Crippen molar-refractivity contribution in [2.75, 3.05) is 26.8 Å². The normalized spacial score (nSPS) is 11.0. The van der Waals surface area contributed by atoms with E-state index < -0.39 is 11.9 Å². The third-order valence-corrected chi connectivity index (χ3v) is 3.56. The lowest BCUT2D eigenvalue weighted by atomic mass is 10.2. The van der Waals surface area contributed by atoms with Crippen LogP contribution in [0.15, 0.2) is 29.1 Å².